The molecule has 0 aliphatic heterocycles. The van der Waals surface area contributed by atoms with Gasteiger partial charge < -0.3 is 4.90 Å². The lowest BCUT2D eigenvalue weighted by Crippen LogP contribution is -2.21. The van der Waals surface area contributed by atoms with Crippen molar-refractivity contribution in [3.05, 3.63) is 0 Å². The minimum absolute atomic E-state index is 0.0710. The molecule has 0 saturated carbocycles. The van der Waals surface area contributed by atoms with E-state index in [1.807, 2.05) is 13.8 Å². The van der Waals surface area contributed by atoms with E-state index < -0.39 is 6.09 Å². The highest BCUT2D eigenvalue weighted by molar-refractivity contribution is 6.65. The molecule has 0 atom stereocenters. The summed E-state index contributed by atoms with van der Waals surface area (Å²) in [6.07, 6.45) is -0.534. The summed E-state index contributed by atoms with van der Waals surface area (Å²) in [5.74, 6) is 0.0710. The van der Waals surface area contributed by atoms with Crippen LogP contribution in [0.25, 0.3) is 0 Å². The molecular weight excluding hydrogens is 180 g/mol. The maximum absolute atomic E-state index is 10.8. The smallest absolute Gasteiger partial charge is 0.312 e. The summed E-state index contributed by atoms with van der Waals surface area (Å²) in [4.78, 5) is 16.5. The van der Waals surface area contributed by atoms with Gasteiger partial charge in [0, 0.05) is 20.0 Å². The van der Waals surface area contributed by atoms with Gasteiger partial charge in [-0.3, -0.25) is 4.84 Å². The van der Waals surface area contributed by atoms with Gasteiger partial charge >= 0.3 is 6.09 Å². The maximum atomic E-state index is 10.8. The number of amides is 1. The van der Waals surface area contributed by atoms with Crippen LogP contribution in [-0.2, 0) is 4.84 Å². The van der Waals surface area contributed by atoms with Gasteiger partial charge in [0.1, 0.15) is 5.17 Å². The van der Waals surface area contributed by atoms with Gasteiger partial charge in [0.05, 0.1) is 0 Å². The minimum Gasteiger partial charge on any atom is -0.312 e. The van der Waals surface area contributed by atoms with Crippen LogP contribution in [-0.4, -0.2) is 30.3 Å². The summed E-state index contributed by atoms with van der Waals surface area (Å²) >= 11 is 5.62. The molecule has 12 heavy (non-hydrogen) atoms. The van der Waals surface area contributed by atoms with E-state index in [0.717, 1.165) is 0 Å². The molecule has 0 spiro atoms. The molecule has 1 amide bonds. The Morgan fingerprint density at radius 2 is 2.00 bits per heavy atom. The Hall–Kier alpha value is -0.770. The topological polar surface area (TPSA) is 41.9 Å². The third kappa shape index (κ3) is 4.18. The van der Waals surface area contributed by atoms with E-state index in [2.05, 4.69) is 9.99 Å². The lowest BCUT2D eigenvalue weighted by Gasteiger charge is -2.06. The fraction of sp³-hybridized carbons (Fsp3) is 0.714. The Balaban J connectivity index is 3.96. The predicted molar refractivity (Wildman–Crippen MR) is 48.3 cm³/mol. The average Bonchev–Trinajstić information content (AvgIpc) is 1.98. The predicted octanol–water partition coefficient (Wildman–Crippen LogP) is 1.89. The normalized spacial score (nSPS) is 11.7. The summed E-state index contributed by atoms with van der Waals surface area (Å²) in [7, 11) is 3.14. The monoisotopic (exact) mass is 192 g/mol. The van der Waals surface area contributed by atoms with Gasteiger partial charge in [-0.15, -0.1) is 0 Å². The van der Waals surface area contributed by atoms with Crippen LogP contribution in [0.3, 0.4) is 0 Å². The Bertz CT molecular complexity index is 190. The molecule has 0 heterocycles. The first-order valence-electron chi connectivity index (χ1n) is 3.56. The SMILES string of the molecule is CC(C)/C(Cl)=N/OC(=O)N(C)C. The molecule has 0 aliphatic rings. The third-order valence-corrected chi connectivity index (χ3v) is 1.56. The van der Waals surface area contributed by atoms with Gasteiger partial charge in [-0.2, -0.15) is 0 Å². The lowest BCUT2D eigenvalue weighted by molar-refractivity contribution is 0.122. The zero-order chi connectivity index (χ0) is 9.72. The van der Waals surface area contributed by atoms with Gasteiger partial charge in [-0.25, -0.2) is 4.79 Å². The molecule has 0 radical (unpaired) electrons. The molecular formula is C7H13ClN2O2. The fourth-order valence-corrected chi connectivity index (χ4v) is 0.304. The van der Waals surface area contributed by atoms with Gasteiger partial charge in [0.2, 0.25) is 0 Å². The van der Waals surface area contributed by atoms with E-state index in [0.29, 0.717) is 0 Å². The molecule has 0 aromatic heterocycles. The highest BCUT2D eigenvalue weighted by Gasteiger charge is 2.06. The molecule has 0 aromatic carbocycles. The number of hydrogen-bond acceptors (Lipinski definition) is 3. The van der Waals surface area contributed by atoms with E-state index in [9.17, 15) is 4.79 Å². The molecule has 0 aromatic rings. The van der Waals surface area contributed by atoms with Crippen molar-refractivity contribution in [1.82, 2.24) is 4.90 Å². The number of halogens is 1. The van der Waals surface area contributed by atoms with Gasteiger partial charge in [-0.1, -0.05) is 30.6 Å². The van der Waals surface area contributed by atoms with Crippen LogP contribution in [0.15, 0.2) is 5.16 Å². The third-order valence-electron chi connectivity index (χ3n) is 1.05. The molecule has 70 valence electrons. The first-order chi connectivity index (χ1) is 5.45. The largest absolute Gasteiger partial charge is 0.435 e. The zero-order valence-corrected chi connectivity index (χ0v) is 8.42. The van der Waals surface area contributed by atoms with Gasteiger partial charge in [-0.05, 0) is 0 Å². The van der Waals surface area contributed by atoms with E-state index in [1.165, 1.54) is 4.90 Å². The van der Waals surface area contributed by atoms with E-state index >= 15 is 0 Å². The Morgan fingerprint density at radius 1 is 1.50 bits per heavy atom. The number of carbonyl (C=O) groups is 1. The summed E-state index contributed by atoms with van der Waals surface area (Å²) < 4.78 is 0. The number of nitrogens with zero attached hydrogens (tertiary/aromatic N) is 2. The number of oxime groups is 1. The molecule has 5 heteroatoms. The standard InChI is InChI=1S/C7H13ClN2O2/c1-5(2)6(8)9-12-7(11)10(3)4/h5H,1-4H3/b9-6-. The maximum Gasteiger partial charge on any atom is 0.435 e. The minimum atomic E-state index is -0.534. The molecule has 0 rings (SSSR count). The van der Waals surface area contributed by atoms with E-state index in [4.69, 9.17) is 11.6 Å². The Labute approximate surface area is 77.1 Å². The summed E-state index contributed by atoms with van der Waals surface area (Å²) in [5, 5.41) is 3.72. The molecule has 0 N–H and O–H groups in total. The van der Waals surface area contributed by atoms with Crippen molar-refractivity contribution in [1.29, 1.82) is 0 Å². The highest BCUT2D eigenvalue weighted by Crippen LogP contribution is 2.02. The zero-order valence-electron chi connectivity index (χ0n) is 7.67. The Kier molecular flexibility index (Phi) is 4.66. The van der Waals surface area contributed by atoms with Crippen LogP contribution < -0.4 is 0 Å². The number of carbonyl (C=O) groups excluding carboxylic acids is 1. The average molecular weight is 193 g/mol. The molecule has 0 unspecified atom stereocenters. The lowest BCUT2D eigenvalue weighted by atomic mass is 10.2. The van der Waals surface area contributed by atoms with Crippen LogP contribution in [0.4, 0.5) is 4.79 Å². The van der Waals surface area contributed by atoms with Crippen molar-refractivity contribution < 1.29 is 9.63 Å². The molecule has 0 bridgehead atoms. The van der Waals surface area contributed by atoms with Crippen molar-refractivity contribution in [3.63, 3.8) is 0 Å². The molecule has 0 saturated heterocycles. The second kappa shape index (κ2) is 4.98. The first kappa shape index (κ1) is 11.2. The van der Waals surface area contributed by atoms with Crippen LogP contribution >= 0.6 is 11.6 Å². The van der Waals surface area contributed by atoms with Crippen molar-refractivity contribution in [2.45, 2.75) is 13.8 Å². The van der Waals surface area contributed by atoms with Crippen molar-refractivity contribution in [3.8, 4) is 0 Å². The van der Waals surface area contributed by atoms with Crippen molar-refractivity contribution in [2.24, 2.45) is 11.1 Å². The van der Waals surface area contributed by atoms with Crippen molar-refractivity contribution in [2.75, 3.05) is 14.1 Å². The van der Waals surface area contributed by atoms with Crippen LogP contribution in [0, 0.1) is 5.92 Å². The second-order valence-electron chi connectivity index (χ2n) is 2.82. The van der Waals surface area contributed by atoms with Crippen LogP contribution in [0.2, 0.25) is 0 Å². The summed E-state index contributed by atoms with van der Waals surface area (Å²) in [6.45, 7) is 3.71. The number of rotatable bonds is 2. The number of hydrogen-bond donors (Lipinski definition) is 0. The summed E-state index contributed by atoms with van der Waals surface area (Å²) in [5.41, 5.74) is 0. The molecule has 4 nitrogen and oxygen atoms in total. The van der Waals surface area contributed by atoms with Crippen LogP contribution in [0.5, 0.6) is 0 Å². The second-order valence-corrected chi connectivity index (χ2v) is 3.21. The highest BCUT2D eigenvalue weighted by atomic mass is 35.5. The Morgan fingerprint density at radius 3 is 2.33 bits per heavy atom. The fourth-order valence-electron chi connectivity index (χ4n) is 0.270. The first-order valence-corrected chi connectivity index (χ1v) is 3.94. The van der Waals surface area contributed by atoms with Gasteiger partial charge in [0.15, 0.2) is 0 Å². The van der Waals surface area contributed by atoms with E-state index in [-0.39, 0.29) is 11.1 Å². The van der Waals surface area contributed by atoms with Gasteiger partial charge in [0.25, 0.3) is 0 Å². The van der Waals surface area contributed by atoms with E-state index in [1.54, 1.807) is 14.1 Å². The molecule has 0 aliphatic carbocycles. The molecule has 0 fully saturated rings. The van der Waals surface area contributed by atoms with Crippen molar-refractivity contribution >= 4 is 22.9 Å². The summed E-state index contributed by atoms with van der Waals surface area (Å²) in [6, 6.07) is 0. The quantitative estimate of drug-likeness (QED) is 0.381. The van der Waals surface area contributed by atoms with Crippen LogP contribution in [0.1, 0.15) is 13.8 Å².